The molecule has 0 unspecified atom stereocenters. The summed E-state index contributed by atoms with van der Waals surface area (Å²) in [7, 11) is 0. The van der Waals surface area contributed by atoms with Gasteiger partial charge in [0.1, 0.15) is 0 Å². The normalized spacial score (nSPS) is 21.0. The molecule has 0 fully saturated rings. The SMILES string of the molecule is C=CC[C@@H](c1ccc2c(c1)OCO2)[C@@]1(CC=C)N=C(c2ccccc2)OC1=O. The number of allylic oxidation sites excluding steroid dienone is 1. The minimum absolute atomic E-state index is 0.195. The summed E-state index contributed by atoms with van der Waals surface area (Å²) in [5, 5.41) is 0. The summed E-state index contributed by atoms with van der Waals surface area (Å²) in [5.74, 6) is 1.05. The fraction of sp³-hybridized carbons (Fsp3) is 0.217. The first-order chi connectivity index (χ1) is 13.7. The summed E-state index contributed by atoms with van der Waals surface area (Å²) >= 11 is 0. The zero-order chi connectivity index (χ0) is 19.6. The van der Waals surface area contributed by atoms with Crippen molar-refractivity contribution in [2.45, 2.75) is 24.3 Å². The maximum atomic E-state index is 13.1. The predicted octanol–water partition coefficient (Wildman–Crippen LogP) is 4.39. The number of carbonyl (C=O) groups excluding carboxylic acids is 1. The van der Waals surface area contributed by atoms with E-state index in [0.29, 0.717) is 30.2 Å². The zero-order valence-electron chi connectivity index (χ0n) is 15.5. The second-order valence-electron chi connectivity index (χ2n) is 6.78. The standard InChI is InChI=1S/C23H21NO4/c1-3-8-18(17-11-12-19-20(14-17)27-15-26-19)23(13-4-2)22(25)28-21(24-23)16-9-6-5-7-10-16/h3-7,9-12,14,18H,1-2,8,13,15H2/t18-,23+/m0/s1. The third-order valence-electron chi connectivity index (χ3n) is 5.10. The number of aliphatic imine (C=N–C) groups is 1. The Labute approximate surface area is 164 Å². The van der Waals surface area contributed by atoms with Gasteiger partial charge in [-0.15, -0.1) is 13.2 Å². The van der Waals surface area contributed by atoms with Crippen LogP contribution in [0.3, 0.4) is 0 Å². The van der Waals surface area contributed by atoms with Crippen LogP contribution in [0.2, 0.25) is 0 Å². The Morgan fingerprint density at radius 2 is 1.86 bits per heavy atom. The first-order valence-corrected chi connectivity index (χ1v) is 9.17. The molecule has 2 aromatic rings. The molecule has 2 aromatic carbocycles. The highest BCUT2D eigenvalue weighted by Gasteiger charge is 2.51. The first kappa shape index (κ1) is 18.0. The van der Waals surface area contributed by atoms with Crippen LogP contribution in [0.25, 0.3) is 0 Å². The number of carbonyl (C=O) groups is 1. The quantitative estimate of drug-likeness (QED) is 0.532. The molecule has 5 heteroatoms. The van der Waals surface area contributed by atoms with Gasteiger partial charge < -0.3 is 14.2 Å². The van der Waals surface area contributed by atoms with Gasteiger partial charge in [-0.1, -0.05) is 36.4 Å². The van der Waals surface area contributed by atoms with Crippen LogP contribution in [-0.4, -0.2) is 24.2 Å². The summed E-state index contributed by atoms with van der Waals surface area (Å²) in [4.78, 5) is 17.9. The molecule has 0 aromatic heterocycles. The lowest BCUT2D eigenvalue weighted by atomic mass is 9.75. The summed E-state index contributed by atoms with van der Waals surface area (Å²) in [5.41, 5.74) is 0.584. The largest absolute Gasteiger partial charge is 0.454 e. The van der Waals surface area contributed by atoms with Crippen molar-refractivity contribution >= 4 is 11.9 Å². The number of benzene rings is 2. The Morgan fingerprint density at radius 3 is 2.61 bits per heavy atom. The molecular weight excluding hydrogens is 354 g/mol. The van der Waals surface area contributed by atoms with Crippen molar-refractivity contribution < 1.29 is 19.0 Å². The van der Waals surface area contributed by atoms with Gasteiger partial charge in [-0.25, -0.2) is 9.79 Å². The van der Waals surface area contributed by atoms with E-state index in [9.17, 15) is 4.79 Å². The van der Waals surface area contributed by atoms with Gasteiger partial charge in [0.25, 0.3) is 0 Å². The third kappa shape index (κ3) is 2.99. The van der Waals surface area contributed by atoms with Crippen LogP contribution in [0.15, 0.2) is 78.8 Å². The van der Waals surface area contributed by atoms with E-state index in [0.717, 1.165) is 11.1 Å². The van der Waals surface area contributed by atoms with E-state index in [1.165, 1.54) is 0 Å². The topological polar surface area (TPSA) is 57.1 Å². The maximum absolute atomic E-state index is 13.1. The molecule has 0 bridgehead atoms. The van der Waals surface area contributed by atoms with Crippen LogP contribution < -0.4 is 9.47 Å². The van der Waals surface area contributed by atoms with E-state index in [1.807, 2.05) is 48.5 Å². The van der Waals surface area contributed by atoms with E-state index in [-0.39, 0.29) is 18.7 Å². The lowest BCUT2D eigenvalue weighted by molar-refractivity contribution is -0.139. The molecule has 5 nitrogen and oxygen atoms in total. The highest BCUT2D eigenvalue weighted by Crippen LogP contribution is 2.45. The van der Waals surface area contributed by atoms with Gasteiger partial charge in [-0.2, -0.15) is 0 Å². The van der Waals surface area contributed by atoms with Crippen LogP contribution in [0.5, 0.6) is 11.5 Å². The van der Waals surface area contributed by atoms with Gasteiger partial charge in [0.05, 0.1) is 0 Å². The molecule has 2 atom stereocenters. The molecule has 0 amide bonds. The fourth-order valence-electron chi connectivity index (χ4n) is 3.74. The van der Waals surface area contributed by atoms with Crippen LogP contribution in [0.4, 0.5) is 0 Å². The Balaban J connectivity index is 1.81. The van der Waals surface area contributed by atoms with Crippen molar-refractivity contribution in [2.24, 2.45) is 4.99 Å². The van der Waals surface area contributed by atoms with Crippen LogP contribution in [0.1, 0.15) is 29.9 Å². The molecule has 4 rings (SSSR count). The summed E-state index contributed by atoms with van der Waals surface area (Å²) < 4.78 is 16.6. The van der Waals surface area contributed by atoms with Crippen molar-refractivity contribution in [3.8, 4) is 11.5 Å². The number of hydrogen-bond donors (Lipinski definition) is 0. The Morgan fingerprint density at radius 1 is 1.07 bits per heavy atom. The molecule has 28 heavy (non-hydrogen) atoms. The van der Waals surface area contributed by atoms with Crippen LogP contribution in [-0.2, 0) is 9.53 Å². The highest BCUT2D eigenvalue weighted by atomic mass is 16.7. The second kappa shape index (κ2) is 7.35. The number of ether oxygens (including phenoxy) is 3. The molecule has 2 heterocycles. The number of rotatable bonds is 7. The summed E-state index contributed by atoms with van der Waals surface area (Å²) in [6.45, 7) is 7.92. The van der Waals surface area contributed by atoms with Gasteiger partial charge in [-0.05, 0) is 36.2 Å². The van der Waals surface area contributed by atoms with E-state index in [4.69, 9.17) is 19.2 Å². The van der Waals surface area contributed by atoms with Gasteiger partial charge in [-0.3, -0.25) is 0 Å². The lowest BCUT2D eigenvalue weighted by Gasteiger charge is -2.30. The number of esters is 1. The monoisotopic (exact) mass is 375 g/mol. The van der Waals surface area contributed by atoms with Crippen molar-refractivity contribution in [3.05, 3.63) is 85.0 Å². The van der Waals surface area contributed by atoms with Crippen LogP contribution >= 0.6 is 0 Å². The minimum Gasteiger partial charge on any atom is -0.454 e. The molecule has 0 radical (unpaired) electrons. The van der Waals surface area contributed by atoms with Crippen LogP contribution in [0, 0.1) is 0 Å². The smallest absolute Gasteiger partial charge is 0.341 e. The summed E-state index contributed by atoms with van der Waals surface area (Å²) in [6, 6.07) is 15.1. The van der Waals surface area contributed by atoms with Crippen molar-refractivity contribution in [1.82, 2.24) is 0 Å². The minimum atomic E-state index is -1.10. The number of fused-ring (bicyclic) bond motifs is 1. The molecule has 0 N–H and O–H groups in total. The Kier molecular flexibility index (Phi) is 4.74. The maximum Gasteiger partial charge on any atom is 0.341 e. The number of hydrogen-bond acceptors (Lipinski definition) is 5. The Hall–Kier alpha value is -3.34. The van der Waals surface area contributed by atoms with E-state index < -0.39 is 5.54 Å². The molecular formula is C23H21NO4. The van der Waals surface area contributed by atoms with E-state index >= 15 is 0 Å². The van der Waals surface area contributed by atoms with E-state index in [2.05, 4.69) is 13.2 Å². The molecule has 0 saturated carbocycles. The first-order valence-electron chi connectivity index (χ1n) is 9.17. The van der Waals surface area contributed by atoms with E-state index in [1.54, 1.807) is 12.2 Å². The second-order valence-corrected chi connectivity index (χ2v) is 6.78. The summed E-state index contributed by atoms with van der Waals surface area (Å²) in [6.07, 6.45) is 4.41. The van der Waals surface area contributed by atoms with Crippen molar-refractivity contribution in [3.63, 3.8) is 0 Å². The lowest BCUT2D eigenvalue weighted by Crippen LogP contribution is -2.40. The van der Waals surface area contributed by atoms with Gasteiger partial charge in [0, 0.05) is 17.9 Å². The number of nitrogens with zero attached hydrogens (tertiary/aromatic N) is 1. The molecule has 2 aliphatic rings. The molecule has 2 aliphatic heterocycles. The van der Waals surface area contributed by atoms with Gasteiger partial charge in [0.15, 0.2) is 17.0 Å². The number of cyclic esters (lactones) is 1. The Bertz CT molecular complexity index is 950. The zero-order valence-corrected chi connectivity index (χ0v) is 15.5. The molecule has 0 aliphatic carbocycles. The fourth-order valence-corrected chi connectivity index (χ4v) is 3.74. The molecule has 142 valence electrons. The van der Waals surface area contributed by atoms with Gasteiger partial charge >= 0.3 is 5.97 Å². The van der Waals surface area contributed by atoms with Gasteiger partial charge in [0.2, 0.25) is 12.7 Å². The third-order valence-corrected chi connectivity index (χ3v) is 5.10. The van der Waals surface area contributed by atoms with Crippen molar-refractivity contribution in [1.29, 1.82) is 0 Å². The average molecular weight is 375 g/mol. The molecule has 0 spiro atoms. The highest BCUT2D eigenvalue weighted by molar-refractivity contribution is 6.08. The predicted molar refractivity (Wildman–Crippen MR) is 107 cm³/mol. The molecule has 0 saturated heterocycles. The average Bonchev–Trinajstić information content (AvgIpc) is 3.31. The van der Waals surface area contributed by atoms with Crippen molar-refractivity contribution in [2.75, 3.05) is 6.79 Å².